The van der Waals surface area contributed by atoms with E-state index >= 15 is 0 Å². The van der Waals surface area contributed by atoms with Gasteiger partial charge in [0.05, 0.1) is 12.1 Å². The molecule has 0 unspecified atom stereocenters. The number of urea groups is 1. The molecule has 5 nitrogen and oxygen atoms in total. The van der Waals surface area contributed by atoms with Gasteiger partial charge in [0.15, 0.2) is 5.82 Å². The van der Waals surface area contributed by atoms with Crippen LogP contribution < -0.4 is 10.2 Å². The minimum Gasteiger partial charge on any atom is -0.333 e. The maximum Gasteiger partial charge on any atom is 0.328 e. The Morgan fingerprint density at radius 2 is 1.95 bits per heavy atom. The van der Waals surface area contributed by atoms with Crippen molar-refractivity contribution in [3.05, 3.63) is 46.4 Å². The summed E-state index contributed by atoms with van der Waals surface area (Å²) in [6.07, 6.45) is 0. The van der Waals surface area contributed by atoms with Crippen molar-refractivity contribution in [2.24, 2.45) is 0 Å². The number of halogens is 3. The molecular weight excluding hydrogens is 302 g/mol. The fraction of sp³-hybridized carbons (Fsp3) is 0.154. The first kappa shape index (κ1) is 13.7. The number of hydrogen-bond donors (Lipinski definition) is 1. The molecule has 21 heavy (non-hydrogen) atoms. The summed E-state index contributed by atoms with van der Waals surface area (Å²) >= 11 is 6.01. The van der Waals surface area contributed by atoms with Crippen LogP contribution in [0.1, 0.15) is 11.4 Å². The van der Waals surface area contributed by atoms with E-state index in [1.165, 1.54) is 6.07 Å². The molecule has 0 saturated carbocycles. The smallest absolute Gasteiger partial charge is 0.328 e. The maximum atomic E-state index is 14.0. The lowest BCUT2D eigenvalue weighted by molar-refractivity contribution is 0.246. The predicted molar refractivity (Wildman–Crippen MR) is 72.5 cm³/mol. The third-order valence-corrected chi connectivity index (χ3v) is 3.35. The zero-order valence-electron chi connectivity index (χ0n) is 10.8. The van der Waals surface area contributed by atoms with Crippen molar-refractivity contribution in [3.63, 3.8) is 0 Å². The van der Waals surface area contributed by atoms with Crippen molar-refractivity contribution in [2.75, 3.05) is 4.90 Å². The highest BCUT2D eigenvalue weighted by atomic mass is 35.5. The highest BCUT2D eigenvalue weighted by Gasteiger charge is 2.32. The number of aromatic nitrogens is 2. The van der Waals surface area contributed by atoms with E-state index in [2.05, 4.69) is 15.3 Å². The number of carbonyl (C=O) groups excluding carboxylic acids is 1. The number of para-hydroxylation sites is 1. The van der Waals surface area contributed by atoms with E-state index in [1.54, 1.807) is 6.92 Å². The van der Waals surface area contributed by atoms with E-state index in [0.717, 1.165) is 17.0 Å². The fourth-order valence-electron chi connectivity index (χ4n) is 2.13. The minimum atomic E-state index is -0.870. The average Bonchev–Trinajstić information content (AvgIpc) is 2.40. The van der Waals surface area contributed by atoms with E-state index < -0.39 is 23.4 Å². The third-order valence-electron chi connectivity index (χ3n) is 3.04. The summed E-state index contributed by atoms with van der Waals surface area (Å²) < 4.78 is 27.9. The van der Waals surface area contributed by atoms with Crippen molar-refractivity contribution < 1.29 is 13.6 Å². The van der Waals surface area contributed by atoms with Crippen molar-refractivity contribution >= 4 is 29.1 Å². The maximum absolute atomic E-state index is 14.0. The van der Waals surface area contributed by atoms with Crippen LogP contribution in [0.3, 0.4) is 0 Å². The summed E-state index contributed by atoms with van der Waals surface area (Å²) in [7, 11) is 0. The lowest BCUT2D eigenvalue weighted by Gasteiger charge is -2.29. The number of rotatable bonds is 1. The van der Waals surface area contributed by atoms with E-state index in [9.17, 15) is 13.6 Å². The van der Waals surface area contributed by atoms with Gasteiger partial charge in [-0.2, -0.15) is 0 Å². The van der Waals surface area contributed by atoms with Gasteiger partial charge >= 0.3 is 6.03 Å². The highest BCUT2D eigenvalue weighted by Crippen LogP contribution is 2.35. The summed E-state index contributed by atoms with van der Waals surface area (Å²) in [5, 5.41) is 2.63. The summed E-state index contributed by atoms with van der Waals surface area (Å²) in [4.78, 5) is 21.0. The Labute approximate surface area is 123 Å². The topological polar surface area (TPSA) is 58.1 Å². The predicted octanol–water partition coefficient (Wildman–Crippen LogP) is 3.08. The molecule has 2 aromatic rings. The summed E-state index contributed by atoms with van der Waals surface area (Å²) in [6.45, 7) is 1.68. The second kappa shape index (κ2) is 4.92. The van der Waals surface area contributed by atoms with Crippen LogP contribution in [-0.2, 0) is 6.54 Å². The van der Waals surface area contributed by atoms with Gasteiger partial charge in [-0.25, -0.2) is 28.4 Å². The van der Waals surface area contributed by atoms with Gasteiger partial charge in [-0.15, -0.1) is 0 Å². The molecule has 1 aromatic carbocycles. The van der Waals surface area contributed by atoms with Gasteiger partial charge in [-0.3, -0.25) is 0 Å². The van der Waals surface area contributed by atoms with E-state index in [0.29, 0.717) is 11.4 Å². The third kappa shape index (κ3) is 2.19. The molecule has 0 bridgehead atoms. The lowest BCUT2D eigenvalue weighted by atomic mass is 10.2. The number of carbonyl (C=O) groups is 1. The number of anilines is 2. The molecule has 0 fully saturated rings. The Bertz CT molecular complexity index is 733. The summed E-state index contributed by atoms with van der Waals surface area (Å²) in [6, 6.07) is 2.67. The molecule has 1 aromatic heterocycles. The first-order valence-corrected chi connectivity index (χ1v) is 6.42. The molecule has 2 heterocycles. The number of benzene rings is 1. The minimum absolute atomic E-state index is 0.0836. The molecule has 0 radical (unpaired) electrons. The molecule has 1 aliphatic heterocycles. The van der Waals surface area contributed by atoms with Gasteiger partial charge in [-0.05, 0) is 19.1 Å². The second-order valence-corrected chi connectivity index (χ2v) is 4.79. The van der Waals surface area contributed by atoms with Gasteiger partial charge in [0, 0.05) is 0 Å². The zero-order chi connectivity index (χ0) is 15.1. The molecule has 2 amide bonds. The fourth-order valence-corrected chi connectivity index (χ4v) is 2.41. The van der Waals surface area contributed by atoms with Gasteiger partial charge in [0.25, 0.3) is 0 Å². The number of aryl methyl sites for hydroxylation is 1. The van der Waals surface area contributed by atoms with Crippen LogP contribution >= 0.6 is 11.6 Å². The second-order valence-electron chi connectivity index (χ2n) is 4.43. The van der Waals surface area contributed by atoms with Gasteiger partial charge in [-0.1, -0.05) is 17.7 Å². The Morgan fingerprint density at radius 3 is 2.62 bits per heavy atom. The van der Waals surface area contributed by atoms with Crippen LogP contribution in [0.4, 0.5) is 25.1 Å². The normalized spacial score (nSPS) is 13.9. The molecule has 0 atom stereocenters. The molecule has 3 rings (SSSR count). The standard InChI is InChI=1S/C13H9ClF2N4O/c1-6-18-11(14)7-5-17-13(21)20(12(7)19-6)10-8(15)3-2-4-9(10)16/h2-4H,5H2,1H3,(H,17,21). The van der Waals surface area contributed by atoms with E-state index in [1.807, 2.05) is 0 Å². The monoisotopic (exact) mass is 310 g/mol. The van der Waals surface area contributed by atoms with Crippen LogP contribution in [0.15, 0.2) is 18.2 Å². The molecule has 1 N–H and O–H groups in total. The molecular formula is C13H9ClF2N4O. The molecule has 0 spiro atoms. The number of nitrogens with zero attached hydrogens (tertiary/aromatic N) is 3. The Morgan fingerprint density at radius 1 is 1.29 bits per heavy atom. The largest absolute Gasteiger partial charge is 0.333 e. The first-order valence-electron chi connectivity index (χ1n) is 6.04. The number of fused-ring (bicyclic) bond motifs is 1. The van der Waals surface area contributed by atoms with Crippen molar-refractivity contribution in [1.29, 1.82) is 0 Å². The SMILES string of the molecule is Cc1nc(Cl)c2c(n1)N(c1c(F)cccc1F)C(=O)NC2. The van der Waals surface area contributed by atoms with Crippen LogP contribution in [-0.4, -0.2) is 16.0 Å². The van der Waals surface area contributed by atoms with E-state index in [4.69, 9.17) is 11.6 Å². The van der Waals surface area contributed by atoms with Crippen LogP contribution in [0, 0.1) is 18.6 Å². The highest BCUT2D eigenvalue weighted by molar-refractivity contribution is 6.30. The average molecular weight is 311 g/mol. The van der Waals surface area contributed by atoms with Gasteiger partial charge in [0.2, 0.25) is 0 Å². The van der Waals surface area contributed by atoms with E-state index in [-0.39, 0.29) is 17.5 Å². The number of hydrogen-bond acceptors (Lipinski definition) is 3. The van der Waals surface area contributed by atoms with Crippen molar-refractivity contribution in [3.8, 4) is 0 Å². The van der Waals surface area contributed by atoms with Crippen LogP contribution in [0.5, 0.6) is 0 Å². The Hall–Kier alpha value is -2.28. The van der Waals surface area contributed by atoms with Gasteiger partial charge in [0.1, 0.15) is 28.3 Å². The summed E-state index contributed by atoms with van der Waals surface area (Å²) in [5.41, 5.74) is -0.0883. The summed E-state index contributed by atoms with van der Waals surface area (Å²) in [5.74, 6) is -1.36. The van der Waals surface area contributed by atoms with Crippen LogP contribution in [0.2, 0.25) is 5.15 Å². The molecule has 0 aliphatic carbocycles. The van der Waals surface area contributed by atoms with Gasteiger partial charge < -0.3 is 5.32 Å². The quantitative estimate of drug-likeness (QED) is 0.824. The molecule has 108 valence electrons. The lowest BCUT2D eigenvalue weighted by Crippen LogP contribution is -2.43. The molecule has 0 saturated heterocycles. The van der Waals surface area contributed by atoms with Crippen LogP contribution in [0.25, 0.3) is 0 Å². The zero-order valence-corrected chi connectivity index (χ0v) is 11.6. The van der Waals surface area contributed by atoms with Crippen molar-refractivity contribution in [1.82, 2.24) is 15.3 Å². The van der Waals surface area contributed by atoms with Crippen molar-refractivity contribution in [2.45, 2.75) is 13.5 Å². The Kier molecular flexibility index (Phi) is 3.21. The molecule has 8 heteroatoms. The first-order chi connectivity index (χ1) is 9.99. The number of nitrogens with one attached hydrogen (secondary N) is 1. The Balaban J connectivity index is 2.27. The molecule has 1 aliphatic rings. The number of amides is 2.